The second-order valence-electron chi connectivity index (χ2n) is 3.66. The van der Waals surface area contributed by atoms with Gasteiger partial charge in [0.05, 0.1) is 7.11 Å². The summed E-state index contributed by atoms with van der Waals surface area (Å²) < 4.78 is 4.70. The lowest BCUT2D eigenvalue weighted by atomic mass is 10.1. The Bertz CT molecular complexity index is 340. The van der Waals surface area contributed by atoms with Gasteiger partial charge in [0, 0.05) is 18.4 Å². The number of nitrogens with one attached hydrogen (secondary N) is 1. The van der Waals surface area contributed by atoms with Crippen molar-refractivity contribution in [3.05, 3.63) is 30.1 Å². The second kappa shape index (κ2) is 4.40. The molecule has 2 heterocycles. The average molecular weight is 206 g/mol. The molecule has 1 fully saturated rings. The van der Waals surface area contributed by atoms with Crippen LogP contribution in [-0.4, -0.2) is 24.1 Å². The fourth-order valence-corrected chi connectivity index (χ4v) is 1.92. The van der Waals surface area contributed by atoms with E-state index in [1.54, 1.807) is 6.20 Å². The van der Waals surface area contributed by atoms with Crippen molar-refractivity contribution >= 4 is 5.97 Å². The van der Waals surface area contributed by atoms with Crippen LogP contribution in [0.4, 0.5) is 0 Å². The van der Waals surface area contributed by atoms with Gasteiger partial charge in [-0.25, -0.2) is 0 Å². The van der Waals surface area contributed by atoms with E-state index >= 15 is 0 Å². The molecule has 4 heteroatoms. The number of carbonyl (C=O) groups is 1. The van der Waals surface area contributed by atoms with E-state index in [1.165, 1.54) is 7.11 Å². The van der Waals surface area contributed by atoms with Crippen molar-refractivity contribution in [1.29, 1.82) is 0 Å². The Balaban J connectivity index is 2.02. The van der Waals surface area contributed by atoms with E-state index in [9.17, 15) is 4.79 Å². The SMILES string of the molecule is COC(=O)[C@@H]1CC[C@H](c2cccnc2)N1. The molecule has 1 aromatic rings. The largest absolute Gasteiger partial charge is 0.468 e. The normalized spacial score (nSPS) is 25.1. The molecule has 1 aliphatic rings. The number of aromatic nitrogens is 1. The first-order chi connectivity index (χ1) is 7.31. The molecule has 0 spiro atoms. The highest BCUT2D eigenvalue weighted by atomic mass is 16.5. The van der Waals surface area contributed by atoms with Gasteiger partial charge in [0.2, 0.25) is 0 Å². The zero-order valence-corrected chi connectivity index (χ0v) is 8.64. The summed E-state index contributed by atoms with van der Waals surface area (Å²) in [5.74, 6) is -0.179. The van der Waals surface area contributed by atoms with Gasteiger partial charge in [-0.1, -0.05) is 6.07 Å². The summed E-state index contributed by atoms with van der Waals surface area (Å²) in [6, 6.07) is 3.98. The van der Waals surface area contributed by atoms with Crippen LogP contribution in [0.3, 0.4) is 0 Å². The number of hydrogen-bond donors (Lipinski definition) is 1. The maximum atomic E-state index is 11.3. The van der Waals surface area contributed by atoms with Gasteiger partial charge < -0.3 is 4.74 Å². The highest BCUT2D eigenvalue weighted by Crippen LogP contribution is 2.26. The minimum absolute atomic E-state index is 0.166. The van der Waals surface area contributed by atoms with E-state index in [0.717, 1.165) is 18.4 Å². The number of nitrogens with zero attached hydrogens (tertiary/aromatic N) is 1. The Hall–Kier alpha value is -1.42. The van der Waals surface area contributed by atoms with Crippen LogP contribution in [0.1, 0.15) is 24.4 Å². The molecule has 0 aliphatic carbocycles. The summed E-state index contributed by atoms with van der Waals surface area (Å²) in [4.78, 5) is 15.4. The lowest BCUT2D eigenvalue weighted by molar-refractivity contribution is -0.142. The summed E-state index contributed by atoms with van der Waals surface area (Å²) in [5, 5.41) is 3.24. The molecular weight excluding hydrogens is 192 g/mol. The Morgan fingerprint density at radius 2 is 2.47 bits per heavy atom. The van der Waals surface area contributed by atoms with Gasteiger partial charge in [0.1, 0.15) is 6.04 Å². The van der Waals surface area contributed by atoms with Crippen molar-refractivity contribution in [3.63, 3.8) is 0 Å². The Labute approximate surface area is 88.7 Å². The van der Waals surface area contributed by atoms with Crippen molar-refractivity contribution in [2.45, 2.75) is 24.9 Å². The van der Waals surface area contributed by atoms with Crippen molar-refractivity contribution in [2.75, 3.05) is 7.11 Å². The molecule has 0 bridgehead atoms. The van der Waals surface area contributed by atoms with Crippen LogP contribution in [0.2, 0.25) is 0 Å². The van der Waals surface area contributed by atoms with E-state index in [0.29, 0.717) is 0 Å². The molecule has 1 N–H and O–H groups in total. The number of pyridine rings is 1. The van der Waals surface area contributed by atoms with E-state index in [2.05, 4.69) is 10.3 Å². The summed E-state index contributed by atoms with van der Waals surface area (Å²) in [6.45, 7) is 0. The van der Waals surface area contributed by atoms with Gasteiger partial charge in [-0.3, -0.25) is 15.1 Å². The number of carbonyl (C=O) groups excluding carboxylic acids is 1. The fourth-order valence-electron chi connectivity index (χ4n) is 1.92. The molecule has 80 valence electrons. The molecule has 15 heavy (non-hydrogen) atoms. The van der Waals surface area contributed by atoms with Crippen LogP contribution in [0.25, 0.3) is 0 Å². The van der Waals surface area contributed by atoms with Gasteiger partial charge in [-0.05, 0) is 24.5 Å². The van der Waals surface area contributed by atoms with Crippen LogP contribution < -0.4 is 5.32 Å². The molecule has 1 aliphatic heterocycles. The number of esters is 1. The van der Waals surface area contributed by atoms with Crippen LogP contribution in [0, 0.1) is 0 Å². The lowest BCUT2D eigenvalue weighted by Crippen LogP contribution is -2.33. The summed E-state index contributed by atoms with van der Waals surface area (Å²) in [5.41, 5.74) is 1.13. The lowest BCUT2D eigenvalue weighted by Gasteiger charge is -2.12. The first-order valence-electron chi connectivity index (χ1n) is 5.05. The molecule has 0 amide bonds. The van der Waals surface area contributed by atoms with Crippen LogP contribution >= 0.6 is 0 Å². The molecule has 2 rings (SSSR count). The Morgan fingerprint density at radius 1 is 1.60 bits per heavy atom. The molecule has 0 unspecified atom stereocenters. The highest BCUT2D eigenvalue weighted by Gasteiger charge is 2.30. The van der Waals surface area contributed by atoms with Crippen molar-refractivity contribution in [2.24, 2.45) is 0 Å². The molecule has 0 radical (unpaired) electrons. The van der Waals surface area contributed by atoms with Crippen molar-refractivity contribution < 1.29 is 9.53 Å². The van der Waals surface area contributed by atoms with Gasteiger partial charge >= 0.3 is 5.97 Å². The predicted molar refractivity (Wildman–Crippen MR) is 55.2 cm³/mol. The summed E-state index contributed by atoms with van der Waals surface area (Å²) in [6.07, 6.45) is 5.35. The maximum absolute atomic E-state index is 11.3. The quantitative estimate of drug-likeness (QED) is 0.735. The number of methoxy groups -OCH3 is 1. The summed E-state index contributed by atoms with van der Waals surface area (Å²) in [7, 11) is 1.42. The van der Waals surface area contributed by atoms with Crippen LogP contribution in [0.15, 0.2) is 24.5 Å². The molecule has 1 saturated heterocycles. The Kier molecular flexibility index (Phi) is 2.97. The fraction of sp³-hybridized carbons (Fsp3) is 0.455. The minimum atomic E-state index is -0.179. The molecule has 4 nitrogen and oxygen atoms in total. The van der Waals surface area contributed by atoms with Gasteiger partial charge in [0.15, 0.2) is 0 Å². The van der Waals surface area contributed by atoms with Crippen molar-refractivity contribution in [3.8, 4) is 0 Å². The second-order valence-corrected chi connectivity index (χ2v) is 3.66. The van der Waals surface area contributed by atoms with Crippen LogP contribution in [-0.2, 0) is 9.53 Å². The minimum Gasteiger partial charge on any atom is -0.468 e. The smallest absolute Gasteiger partial charge is 0.322 e. The molecular formula is C11H14N2O2. The standard InChI is InChI=1S/C11H14N2O2/c1-15-11(14)10-5-4-9(13-10)8-3-2-6-12-7-8/h2-3,6-7,9-10,13H,4-5H2,1H3/t9-,10+/m1/s1. The zero-order valence-electron chi connectivity index (χ0n) is 8.64. The van der Waals surface area contributed by atoms with Crippen molar-refractivity contribution in [1.82, 2.24) is 10.3 Å². The third-order valence-electron chi connectivity index (χ3n) is 2.72. The third-order valence-corrected chi connectivity index (χ3v) is 2.72. The average Bonchev–Trinajstić information content (AvgIpc) is 2.78. The molecule has 1 aromatic heterocycles. The molecule has 0 saturated carbocycles. The third kappa shape index (κ3) is 2.15. The topological polar surface area (TPSA) is 51.2 Å². The maximum Gasteiger partial charge on any atom is 0.322 e. The molecule has 0 aromatic carbocycles. The first-order valence-corrected chi connectivity index (χ1v) is 5.05. The first kappa shape index (κ1) is 10.1. The number of ether oxygens (including phenoxy) is 1. The van der Waals surface area contributed by atoms with Gasteiger partial charge in [-0.15, -0.1) is 0 Å². The Morgan fingerprint density at radius 3 is 3.13 bits per heavy atom. The van der Waals surface area contributed by atoms with E-state index in [4.69, 9.17) is 4.74 Å². The van der Waals surface area contributed by atoms with Crippen LogP contribution in [0.5, 0.6) is 0 Å². The van der Waals surface area contributed by atoms with E-state index < -0.39 is 0 Å². The number of rotatable bonds is 2. The van der Waals surface area contributed by atoms with E-state index in [1.807, 2.05) is 18.3 Å². The highest BCUT2D eigenvalue weighted by molar-refractivity contribution is 5.76. The van der Waals surface area contributed by atoms with Gasteiger partial charge in [-0.2, -0.15) is 0 Å². The number of hydrogen-bond acceptors (Lipinski definition) is 4. The summed E-state index contributed by atoms with van der Waals surface area (Å²) >= 11 is 0. The van der Waals surface area contributed by atoms with Gasteiger partial charge in [0.25, 0.3) is 0 Å². The zero-order chi connectivity index (χ0) is 10.7. The monoisotopic (exact) mass is 206 g/mol. The predicted octanol–water partition coefficient (Wildman–Crippen LogP) is 1.05. The van der Waals surface area contributed by atoms with E-state index in [-0.39, 0.29) is 18.1 Å². The molecule has 2 atom stereocenters.